The molecule has 8 heteroatoms. The summed E-state index contributed by atoms with van der Waals surface area (Å²) in [5, 5.41) is 5.40. The quantitative estimate of drug-likeness (QED) is 0.551. The number of piperidine rings is 1. The zero-order valence-corrected chi connectivity index (χ0v) is 16.5. The highest BCUT2D eigenvalue weighted by Crippen LogP contribution is 2.32. The van der Waals surface area contributed by atoms with E-state index >= 15 is 0 Å². The van der Waals surface area contributed by atoms with Crippen LogP contribution in [0.25, 0.3) is 11.0 Å². The molecule has 0 unspecified atom stereocenters. The molecule has 0 N–H and O–H groups in total. The summed E-state index contributed by atoms with van der Waals surface area (Å²) in [6, 6.07) is 8.58. The molecule has 7 nitrogen and oxygen atoms in total. The molecule has 0 spiro atoms. The molecule has 27 heavy (non-hydrogen) atoms. The highest BCUT2D eigenvalue weighted by Gasteiger charge is 2.34. The molecule has 2 aromatic rings. The van der Waals surface area contributed by atoms with Gasteiger partial charge in [0.05, 0.1) is 18.2 Å². The SMILES string of the molecule is CS(=O)(=O)OCCC[C@@H]1CC[C@H]2CN(c3noc4ccccc34)CCN2C1. The summed E-state index contributed by atoms with van der Waals surface area (Å²) in [6.45, 7) is 4.36. The molecule has 2 saturated heterocycles. The van der Waals surface area contributed by atoms with Crippen LogP contribution in [0, 0.1) is 5.92 Å². The fraction of sp³-hybridized carbons (Fsp3) is 0.632. The number of fused-ring (bicyclic) bond motifs is 2. The molecular weight excluding hydrogens is 366 g/mol. The molecule has 0 amide bonds. The standard InChI is InChI=1S/C19H27N3O4S/c1-27(23,24)25-12-4-5-15-8-9-16-14-22(11-10-21(16)13-15)19-17-6-2-3-7-18(17)26-20-19/h2-3,6-7,15-16H,4-5,8-14H2,1H3/t15-,16+/m1/s1. The van der Waals surface area contributed by atoms with Crippen molar-refractivity contribution >= 4 is 26.9 Å². The first-order chi connectivity index (χ1) is 13.0. The number of nitrogens with zero attached hydrogens (tertiary/aromatic N) is 3. The number of benzene rings is 1. The minimum Gasteiger partial charge on any atom is -0.354 e. The topological polar surface area (TPSA) is 75.9 Å². The van der Waals surface area contributed by atoms with Crippen molar-refractivity contribution in [3.8, 4) is 0 Å². The van der Waals surface area contributed by atoms with Crippen LogP contribution in [-0.4, -0.2) is 63.6 Å². The maximum Gasteiger partial charge on any atom is 0.264 e. The largest absolute Gasteiger partial charge is 0.354 e. The van der Waals surface area contributed by atoms with Crippen LogP contribution < -0.4 is 4.90 Å². The van der Waals surface area contributed by atoms with Gasteiger partial charge >= 0.3 is 0 Å². The Hall–Kier alpha value is -1.64. The lowest BCUT2D eigenvalue weighted by molar-refractivity contribution is 0.0893. The molecule has 1 aromatic carbocycles. The highest BCUT2D eigenvalue weighted by molar-refractivity contribution is 7.85. The van der Waals surface area contributed by atoms with Gasteiger partial charge in [-0.2, -0.15) is 8.42 Å². The first-order valence-corrected chi connectivity index (χ1v) is 11.5. The van der Waals surface area contributed by atoms with Crippen LogP contribution in [0.1, 0.15) is 25.7 Å². The van der Waals surface area contributed by atoms with Crippen molar-refractivity contribution in [3.63, 3.8) is 0 Å². The molecule has 0 aliphatic carbocycles. The van der Waals surface area contributed by atoms with E-state index in [4.69, 9.17) is 8.71 Å². The van der Waals surface area contributed by atoms with E-state index in [-0.39, 0.29) is 0 Å². The van der Waals surface area contributed by atoms with Gasteiger partial charge in [0.1, 0.15) is 0 Å². The Bertz CT molecular complexity index is 882. The third kappa shape index (κ3) is 4.44. The van der Waals surface area contributed by atoms with Crippen molar-refractivity contribution in [2.45, 2.75) is 31.7 Å². The second kappa shape index (κ2) is 7.77. The minimum atomic E-state index is -3.32. The number of rotatable bonds is 6. The monoisotopic (exact) mass is 393 g/mol. The predicted molar refractivity (Wildman–Crippen MR) is 104 cm³/mol. The van der Waals surface area contributed by atoms with Crippen LogP contribution in [0.3, 0.4) is 0 Å². The molecule has 2 aliphatic rings. The van der Waals surface area contributed by atoms with Crippen LogP contribution in [0.15, 0.2) is 28.8 Å². The Morgan fingerprint density at radius 2 is 2.07 bits per heavy atom. The summed E-state index contributed by atoms with van der Waals surface area (Å²) >= 11 is 0. The van der Waals surface area contributed by atoms with E-state index in [0.29, 0.717) is 18.6 Å². The molecule has 148 valence electrons. The van der Waals surface area contributed by atoms with Crippen molar-refractivity contribution in [3.05, 3.63) is 24.3 Å². The van der Waals surface area contributed by atoms with Crippen LogP contribution >= 0.6 is 0 Å². The molecule has 4 rings (SSSR count). The van der Waals surface area contributed by atoms with Gasteiger partial charge in [0.2, 0.25) is 0 Å². The first kappa shape index (κ1) is 18.7. The van der Waals surface area contributed by atoms with E-state index in [1.165, 1.54) is 12.8 Å². The van der Waals surface area contributed by atoms with Gasteiger partial charge in [-0.05, 0) is 43.7 Å². The summed E-state index contributed by atoms with van der Waals surface area (Å²) in [5.74, 6) is 1.59. The summed E-state index contributed by atoms with van der Waals surface area (Å²) < 4.78 is 32.4. The van der Waals surface area contributed by atoms with Gasteiger partial charge in [-0.1, -0.05) is 17.3 Å². The van der Waals surface area contributed by atoms with Crippen molar-refractivity contribution in [1.29, 1.82) is 0 Å². The zero-order chi connectivity index (χ0) is 18.9. The van der Waals surface area contributed by atoms with Gasteiger partial charge in [-0.3, -0.25) is 9.08 Å². The van der Waals surface area contributed by atoms with E-state index in [1.54, 1.807) is 0 Å². The van der Waals surface area contributed by atoms with Crippen molar-refractivity contribution in [2.24, 2.45) is 5.92 Å². The van der Waals surface area contributed by atoms with E-state index in [1.807, 2.05) is 18.2 Å². The van der Waals surface area contributed by atoms with Crippen molar-refractivity contribution in [1.82, 2.24) is 10.1 Å². The lowest BCUT2D eigenvalue weighted by Crippen LogP contribution is -2.56. The smallest absolute Gasteiger partial charge is 0.264 e. The van der Waals surface area contributed by atoms with Gasteiger partial charge in [-0.25, -0.2) is 0 Å². The van der Waals surface area contributed by atoms with Crippen molar-refractivity contribution in [2.75, 3.05) is 43.9 Å². The highest BCUT2D eigenvalue weighted by atomic mass is 32.2. The van der Waals surface area contributed by atoms with Crippen LogP contribution in [0.2, 0.25) is 0 Å². The number of para-hydroxylation sites is 1. The normalized spacial score (nSPS) is 24.3. The second-order valence-corrected chi connectivity index (χ2v) is 9.35. The summed E-state index contributed by atoms with van der Waals surface area (Å²) in [4.78, 5) is 4.94. The number of hydrogen-bond acceptors (Lipinski definition) is 7. The van der Waals surface area contributed by atoms with E-state index < -0.39 is 10.1 Å². The molecular formula is C19H27N3O4S. The van der Waals surface area contributed by atoms with Gasteiger partial charge in [0.25, 0.3) is 10.1 Å². The molecule has 0 bridgehead atoms. The van der Waals surface area contributed by atoms with Crippen LogP contribution in [-0.2, 0) is 14.3 Å². The lowest BCUT2D eigenvalue weighted by atomic mass is 9.88. The Kier molecular flexibility index (Phi) is 5.39. The summed E-state index contributed by atoms with van der Waals surface area (Å²) in [5.41, 5.74) is 0.843. The second-order valence-electron chi connectivity index (χ2n) is 7.71. The number of hydrogen-bond donors (Lipinski definition) is 0. The Labute approximate surface area is 160 Å². The fourth-order valence-corrected chi connectivity index (χ4v) is 4.79. The summed E-state index contributed by atoms with van der Waals surface area (Å²) in [7, 11) is -3.32. The molecule has 1 aromatic heterocycles. The van der Waals surface area contributed by atoms with Crippen LogP contribution in [0.4, 0.5) is 5.82 Å². The fourth-order valence-electron chi connectivity index (χ4n) is 4.37. The number of aromatic nitrogens is 1. The molecule has 3 heterocycles. The molecule has 2 aliphatic heterocycles. The van der Waals surface area contributed by atoms with Gasteiger partial charge in [-0.15, -0.1) is 0 Å². The lowest BCUT2D eigenvalue weighted by Gasteiger charge is -2.46. The maximum atomic E-state index is 11.0. The number of anilines is 1. The first-order valence-electron chi connectivity index (χ1n) is 9.67. The maximum absolute atomic E-state index is 11.0. The zero-order valence-electron chi connectivity index (χ0n) is 15.7. The molecule has 2 atom stereocenters. The van der Waals surface area contributed by atoms with Gasteiger partial charge < -0.3 is 9.42 Å². The van der Waals surface area contributed by atoms with Gasteiger partial charge in [0, 0.05) is 32.2 Å². The summed E-state index contributed by atoms with van der Waals surface area (Å²) in [6.07, 6.45) is 5.29. The number of piperazine rings is 1. The Balaban J connectivity index is 1.30. The Morgan fingerprint density at radius 3 is 2.93 bits per heavy atom. The third-order valence-electron chi connectivity index (χ3n) is 5.72. The average Bonchev–Trinajstić information content (AvgIpc) is 3.08. The van der Waals surface area contributed by atoms with Crippen molar-refractivity contribution < 1.29 is 17.1 Å². The van der Waals surface area contributed by atoms with E-state index in [2.05, 4.69) is 21.0 Å². The third-order valence-corrected chi connectivity index (χ3v) is 6.31. The van der Waals surface area contributed by atoms with E-state index in [9.17, 15) is 8.42 Å². The average molecular weight is 394 g/mol. The molecule has 0 saturated carbocycles. The molecule has 0 radical (unpaired) electrons. The van der Waals surface area contributed by atoms with Crippen LogP contribution in [0.5, 0.6) is 0 Å². The predicted octanol–water partition coefficient (Wildman–Crippen LogP) is 2.48. The minimum absolute atomic E-state index is 0.297. The Morgan fingerprint density at radius 1 is 1.22 bits per heavy atom. The van der Waals surface area contributed by atoms with Gasteiger partial charge in [0.15, 0.2) is 11.4 Å². The van der Waals surface area contributed by atoms with E-state index in [0.717, 1.165) is 62.1 Å². The molecule has 2 fully saturated rings.